The van der Waals surface area contributed by atoms with Crippen LogP contribution in [-0.2, 0) is 20.2 Å². The maximum absolute atomic E-state index is 15.6. The van der Waals surface area contributed by atoms with Crippen LogP contribution in [0.5, 0.6) is 0 Å². The summed E-state index contributed by atoms with van der Waals surface area (Å²) in [6.45, 7) is 5.13. The van der Waals surface area contributed by atoms with E-state index in [0.29, 0.717) is 35.9 Å². The van der Waals surface area contributed by atoms with Gasteiger partial charge in [0.25, 0.3) is 0 Å². The molecular formula is C22H24ClFN4O3S2. The summed E-state index contributed by atoms with van der Waals surface area (Å²) in [5, 5.41) is 0.925. The largest absolute Gasteiger partial charge is 0.381 e. The highest BCUT2D eigenvalue weighted by atomic mass is 35.5. The van der Waals surface area contributed by atoms with Gasteiger partial charge in [-0.05, 0) is 49.1 Å². The Kier molecular flexibility index (Phi) is 6.99. The number of benzene rings is 1. The third-order valence-corrected chi connectivity index (χ3v) is 8.63. The van der Waals surface area contributed by atoms with Crippen molar-refractivity contribution in [3.63, 3.8) is 0 Å². The minimum absolute atomic E-state index is 0.0761. The number of rotatable bonds is 7. The van der Waals surface area contributed by atoms with Crippen LogP contribution in [-0.4, -0.2) is 42.3 Å². The molecule has 0 bridgehead atoms. The Bertz CT molecular complexity index is 1260. The molecule has 1 saturated heterocycles. The maximum atomic E-state index is 15.6. The predicted octanol–water partition coefficient (Wildman–Crippen LogP) is 5.28. The minimum Gasteiger partial charge on any atom is -0.381 e. The van der Waals surface area contributed by atoms with E-state index in [1.165, 1.54) is 23.6 Å². The van der Waals surface area contributed by atoms with Gasteiger partial charge >= 0.3 is 0 Å². The van der Waals surface area contributed by atoms with Crippen LogP contribution >= 0.6 is 22.9 Å². The van der Waals surface area contributed by atoms with Crippen LogP contribution in [0, 0.1) is 5.82 Å². The molecule has 33 heavy (non-hydrogen) atoms. The Morgan fingerprint density at radius 3 is 2.70 bits per heavy atom. The first-order chi connectivity index (χ1) is 15.7. The average Bonchev–Trinajstić information content (AvgIpc) is 3.22. The Balaban J connectivity index is 1.85. The van der Waals surface area contributed by atoms with Gasteiger partial charge in [-0.2, -0.15) is 0 Å². The van der Waals surface area contributed by atoms with Crippen LogP contribution in [0.1, 0.15) is 38.1 Å². The summed E-state index contributed by atoms with van der Waals surface area (Å²) in [6, 6.07) is 6.30. The molecule has 4 rings (SSSR count). The van der Waals surface area contributed by atoms with Gasteiger partial charge in [0.2, 0.25) is 15.3 Å². The van der Waals surface area contributed by atoms with E-state index < -0.39 is 15.8 Å². The molecule has 3 aromatic rings. The zero-order chi connectivity index (χ0) is 23.6. The van der Waals surface area contributed by atoms with Crippen molar-refractivity contribution < 1.29 is 17.5 Å². The third kappa shape index (κ3) is 5.18. The van der Waals surface area contributed by atoms with E-state index in [0.717, 1.165) is 17.8 Å². The summed E-state index contributed by atoms with van der Waals surface area (Å²) in [5.74, 6) is -0.782. The maximum Gasteiger partial charge on any atom is 0.232 e. The quantitative estimate of drug-likeness (QED) is 0.434. The molecule has 3 heterocycles. The number of nitrogens with one attached hydrogen (secondary N) is 1. The van der Waals surface area contributed by atoms with E-state index in [-0.39, 0.29) is 27.7 Å². The summed E-state index contributed by atoms with van der Waals surface area (Å²) >= 11 is 7.47. The molecule has 176 valence electrons. The normalized spacial score (nSPS) is 16.0. The molecule has 0 spiro atoms. The summed E-state index contributed by atoms with van der Waals surface area (Å²) in [5.41, 5.74) is 0.783. The van der Waals surface area contributed by atoms with Crippen LogP contribution in [0.15, 0.2) is 30.5 Å². The van der Waals surface area contributed by atoms with E-state index in [4.69, 9.17) is 21.3 Å². The molecule has 2 aromatic heterocycles. The van der Waals surface area contributed by atoms with Crippen molar-refractivity contribution in [1.82, 2.24) is 15.0 Å². The molecule has 1 fully saturated rings. The number of halogens is 2. The average molecular weight is 511 g/mol. The van der Waals surface area contributed by atoms with E-state index in [1.807, 2.05) is 0 Å². The first-order valence-corrected chi connectivity index (χ1v) is 13.4. The van der Waals surface area contributed by atoms with Gasteiger partial charge in [-0.15, -0.1) is 11.3 Å². The Morgan fingerprint density at radius 2 is 2.00 bits per heavy atom. The van der Waals surface area contributed by atoms with Gasteiger partial charge in [0.15, 0.2) is 5.82 Å². The van der Waals surface area contributed by atoms with Crippen molar-refractivity contribution in [3.05, 3.63) is 46.6 Å². The lowest BCUT2D eigenvalue weighted by Crippen LogP contribution is -2.30. The van der Waals surface area contributed by atoms with Gasteiger partial charge in [0.05, 0.1) is 32.7 Å². The second-order valence-corrected chi connectivity index (χ2v) is 11.3. The van der Waals surface area contributed by atoms with Crippen molar-refractivity contribution >= 4 is 38.6 Å². The highest BCUT2D eigenvalue weighted by Gasteiger charge is 2.34. The Hall–Kier alpha value is -2.14. The van der Waals surface area contributed by atoms with Crippen molar-refractivity contribution in [1.29, 1.82) is 0 Å². The van der Waals surface area contributed by atoms with E-state index >= 15 is 4.39 Å². The highest BCUT2D eigenvalue weighted by Crippen LogP contribution is 2.44. The standard InChI is InChI=1S/C22H24ClFN4O3S2/c1-3-13-33(29,30)28-15-6-4-5-14(17(15)24)18-19(16-7-10-25-21(23)26-16)32-20(27-18)22(2)8-11-31-12-9-22/h4-7,10,28H,3,8-9,11-13H2,1-2H3. The molecular weight excluding hydrogens is 487 g/mol. The number of nitrogens with zero attached hydrogens (tertiary/aromatic N) is 3. The van der Waals surface area contributed by atoms with Crippen molar-refractivity contribution in [2.75, 3.05) is 23.7 Å². The first kappa shape index (κ1) is 24.0. The number of hydrogen-bond donors (Lipinski definition) is 1. The van der Waals surface area contributed by atoms with E-state index in [1.54, 1.807) is 25.1 Å². The van der Waals surface area contributed by atoms with Crippen LogP contribution in [0.4, 0.5) is 10.1 Å². The molecule has 0 amide bonds. The van der Waals surface area contributed by atoms with Crippen molar-refractivity contribution in [2.24, 2.45) is 0 Å². The second-order valence-electron chi connectivity index (χ2n) is 8.17. The molecule has 0 atom stereocenters. The predicted molar refractivity (Wildman–Crippen MR) is 129 cm³/mol. The fourth-order valence-corrected chi connectivity index (χ4v) is 6.24. The zero-order valence-electron chi connectivity index (χ0n) is 18.3. The number of ether oxygens (including phenoxy) is 1. The molecule has 11 heteroatoms. The molecule has 0 aliphatic carbocycles. The number of aromatic nitrogens is 3. The van der Waals surface area contributed by atoms with Crippen molar-refractivity contribution in [2.45, 2.75) is 38.5 Å². The number of sulfonamides is 1. The minimum atomic E-state index is -3.66. The smallest absolute Gasteiger partial charge is 0.232 e. The molecule has 0 saturated carbocycles. The Labute approximate surface area is 201 Å². The molecule has 1 N–H and O–H groups in total. The first-order valence-electron chi connectivity index (χ1n) is 10.6. The van der Waals surface area contributed by atoms with Gasteiger partial charge in [-0.3, -0.25) is 4.72 Å². The third-order valence-electron chi connectivity index (χ3n) is 5.59. The molecule has 0 radical (unpaired) electrons. The fraction of sp³-hybridized carbons (Fsp3) is 0.409. The summed E-state index contributed by atoms with van der Waals surface area (Å²) in [4.78, 5) is 13.8. The lowest BCUT2D eigenvalue weighted by atomic mass is 9.83. The lowest BCUT2D eigenvalue weighted by Gasteiger charge is -2.31. The number of thiazole rings is 1. The van der Waals surface area contributed by atoms with E-state index in [2.05, 4.69) is 21.6 Å². The Morgan fingerprint density at radius 1 is 1.24 bits per heavy atom. The second kappa shape index (κ2) is 9.61. The van der Waals surface area contributed by atoms with Gasteiger partial charge < -0.3 is 4.74 Å². The van der Waals surface area contributed by atoms with Crippen LogP contribution < -0.4 is 4.72 Å². The molecule has 1 aliphatic rings. The van der Waals surface area contributed by atoms with E-state index in [9.17, 15) is 8.42 Å². The number of anilines is 1. The van der Waals surface area contributed by atoms with Gasteiger partial charge in [0, 0.05) is 30.4 Å². The van der Waals surface area contributed by atoms with Crippen LogP contribution in [0.25, 0.3) is 21.8 Å². The van der Waals surface area contributed by atoms with Crippen molar-refractivity contribution in [3.8, 4) is 21.8 Å². The fourth-order valence-electron chi connectivity index (χ4n) is 3.71. The topological polar surface area (TPSA) is 94.1 Å². The van der Waals surface area contributed by atoms with Gasteiger partial charge in [-0.1, -0.05) is 19.9 Å². The summed E-state index contributed by atoms with van der Waals surface area (Å²) in [7, 11) is -3.66. The van der Waals surface area contributed by atoms with Gasteiger partial charge in [0.1, 0.15) is 0 Å². The number of hydrogen-bond acceptors (Lipinski definition) is 7. The molecule has 0 unspecified atom stereocenters. The SMILES string of the molecule is CCCS(=O)(=O)Nc1cccc(-c2nc(C3(C)CCOCC3)sc2-c2ccnc(Cl)n2)c1F. The monoisotopic (exact) mass is 510 g/mol. The van der Waals surface area contributed by atoms with Crippen LogP contribution in [0.2, 0.25) is 5.28 Å². The van der Waals surface area contributed by atoms with Crippen LogP contribution in [0.3, 0.4) is 0 Å². The summed E-state index contributed by atoms with van der Waals surface area (Å²) in [6.07, 6.45) is 3.55. The molecule has 7 nitrogen and oxygen atoms in total. The van der Waals surface area contributed by atoms with Gasteiger partial charge in [-0.25, -0.2) is 27.8 Å². The summed E-state index contributed by atoms with van der Waals surface area (Å²) < 4.78 is 48.0. The molecule has 1 aromatic carbocycles. The zero-order valence-corrected chi connectivity index (χ0v) is 20.7. The lowest BCUT2D eigenvalue weighted by molar-refractivity contribution is 0.0564. The molecule has 1 aliphatic heterocycles. The highest BCUT2D eigenvalue weighted by molar-refractivity contribution is 7.92.